The van der Waals surface area contributed by atoms with E-state index < -0.39 is 5.97 Å². The largest absolute Gasteiger partial charge is 0.478 e. The summed E-state index contributed by atoms with van der Waals surface area (Å²) in [5.74, 6) is -1.30. The lowest BCUT2D eigenvalue weighted by Gasteiger charge is -2.29. The molecule has 0 spiro atoms. The van der Waals surface area contributed by atoms with Crippen molar-refractivity contribution in [3.05, 3.63) is 70.3 Å². The zero-order valence-corrected chi connectivity index (χ0v) is 14.7. The lowest BCUT2D eigenvalue weighted by molar-refractivity contribution is 0.0696. The average molecular weight is 352 g/mol. The van der Waals surface area contributed by atoms with Crippen LogP contribution in [0.1, 0.15) is 42.2 Å². The molecule has 3 rings (SSSR count). The number of fused-ring (bicyclic) bond motifs is 1. The van der Waals surface area contributed by atoms with Gasteiger partial charge in [-0.3, -0.25) is 9.59 Å². The third-order valence-corrected chi connectivity index (χ3v) is 4.52. The van der Waals surface area contributed by atoms with Crippen molar-refractivity contribution in [2.24, 2.45) is 0 Å². The standard InChI is InChI=1S/C20H20N2O4/c1-21(2)18(23)14-4-3-5-15(10-14)19(24)22-9-8-13-6-7-16(20(25)26)11-17(13)12-22/h3-7,10-11H,8-9,12H2,1-2H3,(H,25,26). The Morgan fingerprint density at radius 1 is 0.962 bits per heavy atom. The van der Waals surface area contributed by atoms with E-state index in [9.17, 15) is 14.4 Å². The molecule has 0 fully saturated rings. The molecule has 134 valence electrons. The summed E-state index contributed by atoms with van der Waals surface area (Å²) < 4.78 is 0. The molecule has 0 aromatic heterocycles. The maximum atomic E-state index is 12.9. The van der Waals surface area contributed by atoms with Crippen molar-refractivity contribution < 1.29 is 19.5 Å². The average Bonchev–Trinajstić information content (AvgIpc) is 2.65. The molecular weight excluding hydrogens is 332 g/mol. The minimum Gasteiger partial charge on any atom is -0.478 e. The Morgan fingerprint density at radius 3 is 2.38 bits per heavy atom. The Labute approximate surface area is 151 Å². The molecule has 1 heterocycles. The van der Waals surface area contributed by atoms with Gasteiger partial charge >= 0.3 is 5.97 Å². The van der Waals surface area contributed by atoms with E-state index in [0.717, 1.165) is 11.1 Å². The molecule has 0 unspecified atom stereocenters. The van der Waals surface area contributed by atoms with Gasteiger partial charge in [-0.25, -0.2) is 4.79 Å². The first-order chi connectivity index (χ1) is 12.4. The zero-order chi connectivity index (χ0) is 18.8. The number of hydrogen-bond acceptors (Lipinski definition) is 3. The number of nitrogens with zero attached hydrogens (tertiary/aromatic N) is 2. The van der Waals surface area contributed by atoms with Crippen LogP contribution in [0.15, 0.2) is 42.5 Å². The Balaban J connectivity index is 1.83. The molecule has 0 aliphatic carbocycles. The molecule has 2 aromatic rings. The smallest absolute Gasteiger partial charge is 0.335 e. The first-order valence-corrected chi connectivity index (χ1v) is 8.33. The van der Waals surface area contributed by atoms with Crippen molar-refractivity contribution in [2.45, 2.75) is 13.0 Å². The summed E-state index contributed by atoms with van der Waals surface area (Å²) in [4.78, 5) is 39.3. The summed E-state index contributed by atoms with van der Waals surface area (Å²) >= 11 is 0. The van der Waals surface area contributed by atoms with Gasteiger partial charge in [0.25, 0.3) is 11.8 Å². The van der Waals surface area contributed by atoms with E-state index in [0.29, 0.717) is 30.6 Å². The van der Waals surface area contributed by atoms with E-state index in [-0.39, 0.29) is 17.4 Å². The van der Waals surface area contributed by atoms with Crippen molar-refractivity contribution in [3.63, 3.8) is 0 Å². The SMILES string of the molecule is CN(C)C(=O)c1cccc(C(=O)N2CCc3ccc(C(=O)O)cc3C2)c1. The second-order valence-corrected chi connectivity index (χ2v) is 6.55. The minimum absolute atomic E-state index is 0.158. The van der Waals surface area contributed by atoms with Crippen molar-refractivity contribution in [1.29, 1.82) is 0 Å². The zero-order valence-electron chi connectivity index (χ0n) is 14.7. The van der Waals surface area contributed by atoms with Gasteiger partial charge in [0.15, 0.2) is 0 Å². The lowest BCUT2D eigenvalue weighted by atomic mass is 9.96. The maximum absolute atomic E-state index is 12.9. The summed E-state index contributed by atoms with van der Waals surface area (Å²) in [5, 5.41) is 9.15. The molecule has 0 atom stereocenters. The van der Waals surface area contributed by atoms with E-state index in [1.165, 1.54) is 4.90 Å². The Hall–Kier alpha value is -3.15. The first kappa shape index (κ1) is 17.7. The molecule has 0 saturated carbocycles. The molecule has 1 aliphatic heterocycles. The summed E-state index contributed by atoms with van der Waals surface area (Å²) in [5.41, 5.74) is 3.05. The van der Waals surface area contributed by atoms with Crippen molar-refractivity contribution in [2.75, 3.05) is 20.6 Å². The van der Waals surface area contributed by atoms with E-state index in [4.69, 9.17) is 5.11 Å². The molecule has 6 heteroatoms. The van der Waals surface area contributed by atoms with Crippen LogP contribution in [0.2, 0.25) is 0 Å². The van der Waals surface area contributed by atoms with Crippen molar-refractivity contribution in [3.8, 4) is 0 Å². The number of carbonyl (C=O) groups excluding carboxylic acids is 2. The fourth-order valence-electron chi connectivity index (χ4n) is 3.09. The van der Waals surface area contributed by atoms with Gasteiger partial charge in [-0.2, -0.15) is 0 Å². The quantitative estimate of drug-likeness (QED) is 0.919. The number of benzene rings is 2. The van der Waals surface area contributed by atoms with Crippen LogP contribution >= 0.6 is 0 Å². The molecule has 0 bridgehead atoms. The van der Waals surface area contributed by atoms with E-state index in [2.05, 4.69) is 0 Å². The van der Waals surface area contributed by atoms with E-state index >= 15 is 0 Å². The molecule has 1 aliphatic rings. The number of aromatic carboxylic acids is 1. The van der Waals surface area contributed by atoms with Crippen LogP contribution < -0.4 is 0 Å². The topological polar surface area (TPSA) is 77.9 Å². The molecule has 2 amide bonds. The van der Waals surface area contributed by atoms with Crippen LogP contribution in [0, 0.1) is 0 Å². The van der Waals surface area contributed by atoms with Crippen LogP contribution in [0.5, 0.6) is 0 Å². The Bertz CT molecular complexity index is 889. The molecule has 26 heavy (non-hydrogen) atoms. The number of rotatable bonds is 3. The number of carboxylic acid groups (broad SMARTS) is 1. The van der Waals surface area contributed by atoms with Crippen LogP contribution in [-0.4, -0.2) is 53.3 Å². The number of hydrogen-bond donors (Lipinski definition) is 1. The molecule has 6 nitrogen and oxygen atoms in total. The number of carbonyl (C=O) groups is 3. The van der Waals surface area contributed by atoms with Crippen LogP contribution in [0.3, 0.4) is 0 Å². The predicted molar refractivity (Wildman–Crippen MR) is 96.3 cm³/mol. The van der Waals surface area contributed by atoms with Gasteiger partial charge in [0, 0.05) is 38.3 Å². The van der Waals surface area contributed by atoms with Crippen LogP contribution in [0.25, 0.3) is 0 Å². The van der Waals surface area contributed by atoms with Gasteiger partial charge in [0.2, 0.25) is 0 Å². The third kappa shape index (κ3) is 3.44. The summed E-state index contributed by atoms with van der Waals surface area (Å²) in [6, 6.07) is 11.7. The fourth-order valence-corrected chi connectivity index (χ4v) is 3.09. The van der Waals surface area contributed by atoms with Gasteiger partial charge < -0.3 is 14.9 Å². The summed E-state index contributed by atoms with van der Waals surface area (Å²) in [6.45, 7) is 0.922. The van der Waals surface area contributed by atoms with Crippen LogP contribution in [-0.2, 0) is 13.0 Å². The van der Waals surface area contributed by atoms with Crippen LogP contribution in [0.4, 0.5) is 0 Å². The minimum atomic E-state index is -0.980. The normalized spacial score (nSPS) is 13.1. The van der Waals surface area contributed by atoms with Crippen molar-refractivity contribution in [1.82, 2.24) is 9.80 Å². The third-order valence-electron chi connectivity index (χ3n) is 4.52. The molecule has 1 N–H and O–H groups in total. The highest BCUT2D eigenvalue weighted by atomic mass is 16.4. The number of amides is 2. The highest BCUT2D eigenvalue weighted by Gasteiger charge is 2.23. The van der Waals surface area contributed by atoms with E-state index in [1.807, 2.05) is 6.07 Å². The Kier molecular flexibility index (Phi) is 4.75. The van der Waals surface area contributed by atoms with Gasteiger partial charge in [0.05, 0.1) is 5.56 Å². The van der Waals surface area contributed by atoms with E-state index in [1.54, 1.807) is 55.4 Å². The highest BCUT2D eigenvalue weighted by Crippen LogP contribution is 2.22. The molecule has 0 saturated heterocycles. The lowest BCUT2D eigenvalue weighted by Crippen LogP contribution is -2.36. The molecular formula is C20H20N2O4. The number of carboxylic acids is 1. The summed E-state index contributed by atoms with van der Waals surface area (Å²) in [7, 11) is 3.33. The fraction of sp³-hybridized carbons (Fsp3) is 0.250. The molecule has 0 radical (unpaired) electrons. The van der Waals surface area contributed by atoms with Gasteiger partial charge in [-0.15, -0.1) is 0 Å². The second-order valence-electron chi connectivity index (χ2n) is 6.55. The maximum Gasteiger partial charge on any atom is 0.335 e. The predicted octanol–water partition coefficient (Wildman–Crippen LogP) is 2.29. The molecule has 2 aromatic carbocycles. The summed E-state index contributed by atoms with van der Waals surface area (Å²) in [6.07, 6.45) is 0.678. The van der Waals surface area contributed by atoms with Gasteiger partial charge in [0.1, 0.15) is 0 Å². The first-order valence-electron chi connectivity index (χ1n) is 8.33. The highest BCUT2D eigenvalue weighted by molar-refractivity contribution is 5.99. The monoisotopic (exact) mass is 352 g/mol. The van der Waals surface area contributed by atoms with Gasteiger partial charge in [-0.05, 0) is 47.9 Å². The Morgan fingerprint density at radius 2 is 1.69 bits per heavy atom. The second kappa shape index (κ2) is 7.00. The van der Waals surface area contributed by atoms with Crippen molar-refractivity contribution >= 4 is 17.8 Å². The van der Waals surface area contributed by atoms with Gasteiger partial charge in [-0.1, -0.05) is 12.1 Å².